The van der Waals surface area contributed by atoms with Gasteiger partial charge in [0.05, 0.1) is 13.2 Å². The highest BCUT2D eigenvalue weighted by Crippen LogP contribution is 2.20. The third kappa shape index (κ3) is 7.29. The number of likely N-dealkylation sites (N-methyl/N-ethyl adjacent to an activating group) is 1. The van der Waals surface area contributed by atoms with Gasteiger partial charge in [0.2, 0.25) is 0 Å². The number of aryl methyl sites for hydroxylation is 1. The molecule has 1 N–H and O–H groups in total. The molecule has 6 heteroatoms. The van der Waals surface area contributed by atoms with Crippen molar-refractivity contribution in [3.8, 4) is 11.5 Å². The lowest BCUT2D eigenvalue weighted by atomic mass is 10.1. The lowest BCUT2D eigenvalue weighted by Gasteiger charge is -2.30. The summed E-state index contributed by atoms with van der Waals surface area (Å²) in [4.78, 5) is 4.31. The number of hydrogen-bond donors (Lipinski definition) is 1. The molecule has 0 radical (unpaired) electrons. The van der Waals surface area contributed by atoms with Crippen molar-refractivity contribution >= 4 is 0 Å². The van der Waals surface area contributed by atoms with Gasteiger partial charge in [0, 0.05) is 26.2 Å². The van der Waals surface area contributed by atoms with E-state index in [9.17, 15) is 5.11 Å². The highest BCUT2D eigenvalue weighted by molar-refractivity contribution is 5.28. The molecule has 1 aliphatic rings. The van der Waals surface area contributed by atoms with Crippen molar-refractivity contribution in [2.45, 2.75) is 19.1 Å². The van der Waals surface area contributed by atoms with Crippen LogP contribution >= 0.6 is 0 Å². The number of benzene rings is 2. The third-order valence-corrected chi connectivity index (χ3v) is 5.11. The topological polar surface area (TPSA) is 54.4 Å². The van der Waals surface area contributed by atoms with Gasteiger partial charge in [-0.05, 0) is 50.8 Å². The lowest BCUT2D eigenvalue weighted by Crippen LogP contribution is -2.48. The van der Waals surface area contributed by atoms with Crippen LogP contribution in [0.4, 0.5) is 0 Å². The summed E-state index contributed by atoms with van der Waals surface area (Å²) in [5.41, 5.74) is 1.31. The fourth-order valence-corrected chi connectivity index (χ4v) is 3.37. The Bertz CT molecular complexity index is 764. The van der Waals surface area contributed by atoms with Gasteiger partial charge in [0.25, 0.3) is 0 Å². The van der Waals surface area contributed by atoms with Crippen LogP contribution in [-0.4, -0.2) is 80.7 Å². The molecule has 1 fully saturated rings. The largest absolute Gasteiger partial charge is 0.492 e. The predicted octanol–water partition coefficient (Wildman–Crippen LogP) is 2.58. The van der Waals surface area contributed by atoms with Crippen LogP contribution in [0, 0.1) is 6.92 Å². The maximum atomic E-state index is 11.1. The molecule has 164 valence electrons. The minimum Gasteiger partial charge on any atom is -0.492 e. The van der Waals surface area contributed by atoms with Crippen molar-refractivity contribution in [1.29, 1.82) is 0 Å². The lowest BCUT2D eigenvalue weighted by molar-refractivity contribution is -0.0646. The van der Waals surface area contributed by atoms with Gasteiger partial charge in [-0.25, -0.2) is 0 Å². The average molecular weight is 415 g/mol. The molecule has 0 unspecified atom stereocenters. The van der Waals surface area contributed by atoms with Crippen LogP contribution < -0.4 is 9.47 Å². The van der Waals surface area contributed by atoms with Crippen LogP contribution in [0.3, 0.4) is 0 Å². The van der Waals surface area contributed by atoms with Gasteiger partial charge in [-0.1, -0.05) is 29.8 Å². The molecular weight excluding hydrogens is 380 g/mol. The zero-order chi connectivity index (χ0) is 21.4. The van der Waals surface area contributed by atoms with Crippen molar-refractivity contribution in [3.63, 3.8) is 0 Å². The fraction of sp³-hybridized carbons (Fsp3) is 0.500. The first-order valence-electron chi connectivity index (χ1n) is 10.5. The minimum atomic E-state index is -1.05. The van der Waals surface area contributed by atoms with E-state index in [0.29, 0.717) is 19.8 Å². The maximum Gasteiger partial charge on any atom is 0.134 e. The number of hydrogen-bond acceptors (Lipinski definition) is 6. The van der Waals surface area contributed by atoms with E-state index in [2.05, 4.69) is 21.9 Å². The number of β-amino-alcohol motifs (C(OH)–C–C–N with tert-alkyl or cyclic N) is 1. The summed E-state index contributed by atoms with van der Waals surface area (Å²) >= 11 is 0. The second-order valence-corrected chi connectivity index (χ2v) is 8.38. The molecule has 1 heterocycles. The zero-order valence-electron chi connectivity index (χ0n) is 18.3. The Morgan fingerprint density at radius 2 is 1.70 bits per heavy atom. The molecule has 30 heavy (non-hydrogen) atoms. The Morgan fingerprint density at radius 3 is 2.40 bits per heavy atom. The van der Waals surface area contributed by atoms with Gasteiger partial charge >= 0.3 is 0 Å². The van der Waals surface area contributed by atoms with Crippen LogP contribution in [0.2, 0.25) is 0 Å². The van der Waals surface area contributed by atoms with Crippen LogP contribution in [0.5, 0.6) is 11.5 Å². The van der Waals surface area contributed by atoms with Crippen molar-refractivity contribution in [3.05, 3.63) is 59.7 Å². The first-order chi connectivity index (χ1) is 14.4. The summed E-state index contributed by atoms with van der Waals surface area (Å²) in [5, 5.41) is 11.1. The van der Waals surface area contributed by atoms with Crippen LogP contribution in [-0.2, 0) is 11.3 Å². The van der Waals surface area contributed by atoms with E-state index in [1.807, 2.05) is 57.4 Å². The summed E-state index contributed by atoms with van der Waals surface area (Å²) in [7, 11) is 4.06. The Morgan fingerprint density at radius 1 is 1.03 bits per heavy atom. The zero-order valence-corrected chi connectivity index (χ0v) is 18.3. The van der Waals surface area contributed by atoms with Gasteiger partial charge in [-0.2, -0.15) is 0 Å². The average Bonchev–Trinajstić information content (AvgIpc) is 2.90. The van der Waals surface area contributed by atoms with Gasteiger partial charge < -0.3 is 24.2 Å². The van der Waals surface area contributed by atoms with E-state index >= 15 is 0 Å². The van der Waals surface area contributed by atoms with E-state index in [-0.39, 0.29) is 13.2 Å². The molecule has 1 saturated heterocycles. The second kappa shape index (κ2) is 10.8. The monoisotopic (exact) mass is 414 g/mol. The molecule has 0 aliphatic carbocycles. The normalized spacial score (nSPS) is 20.2. The smallest absolute Gasteiger partial charge is 0.134 e. The first-order valence-corrected chi connectivity index (χ1v) is 10.5. The Labute approximate surface area is 180 Å². The molecule has 1 aliphatic heterocycles. The molecule has 1 atom stereocenters. The molecule has 6 nitrogen and oxygen atoms in total. The van der Waals surface area contributed by atoms with Crippen molar-refractivity contribution < 1.29 is 19.3 Å². The molecule has 0 saturated carbocycles. The molecule has 0 aromatic heterocycles. The van der Waals surface area contributed by atoms with Gasteiger partial charge in [-0.3, -0.25) is 4.90 Å². The van der Waals surface area contributed by atoms with Gasteiger partial charge in [0.1, 0.15) is 30.3 Å². The van der Waals surface area contributed by atoms with E-state index in [4.69, 9.17) is 14.2 Å². The van der Waals surface area contributed by atoms with Crippen LogP contribution in [0.25, 0.3) is 0 Å². The molecule has 2 aromatic carbocycles. The molecule has 0 spiro atoms. The summed E-state index contributed by atoms with van der Waals surface area (Å²) in [6.07, 6.45) is 0. The van der Waals surface area contributed by atoms with E-state index < -0.39 is 5.60 Å². The van der Waals surface area contributed by atoms with E-state index in [1.165, 1.54) is 11.1 Å². The van der Waals surface area contributed by atoms with Crippen LogP contribution in [0.1, 0.15) is 11.1 Å². The second-order valence-electron chi connectivity index (χ2n) is 8.38. The SMILES string of the molecule is Cc1ccc(OC[C@@]2(O)COCCN(Cc3ccc(OCCN(C)C)cc3)C2)cc1. The van der Waals surface area contributed by atoms with Gasteiger partial charge in [-0.15, -0.1) is 0 Å². The standard InChI is InChI=1S/C24H34N2O4/c1-20-4-8-23(9-5-20)30-19-24(27)17-26(13-14-28-18-24)16-21-6-10-22(11-7-21)29-15-12-25(2)3/h4-11,27H,12-19H2,1-3H3/t24-/m0/s1. The van der Waals surface area contributed by atoms with Gasteiger partial charge in [0.15, 0.2) is 0 Å². The summed E-state index contributed by atoms with van der Waals surface area (Å²) in [5.74, 6) is 1.64. The summed E-state index contributed by atoms with van der Waals surface area (Å²) in [6.45, 7) is 6.68. The number of rotatable bonds is 9. The number of ether oxygens (including phenoxy) is 3. The Kier molecular flexibility index (Phi) is 8.10. The van der Waals surface area contributed by atoms with Crippen molar-refractivity contribution in [1.82, 2.24) is 9.80 Å². The Balaban J connectivity index is 1.53. The number of aliphatic hydroxyl groups is 1. The number of nitrogens with zero attached hydrogens (tertiary/aromatic N) is 2. The predicted molar refractivity (Wildman–Crippen MR) is 118 cm³/mol. The highest BCUT2D eigenvalue weighted by Gasteiger charge is 2.33. The first kappa shape index (κ1) is 22.6. The molecule has 0 bridgehead atoms. The minimum absolute atomic E-state index is 0.200. The highest BCUT2D eigenvalue weighted by atomic mass is 16.5. The molecule has 0 amide bonds. The van der Waals surface area contributed by atoms with Crippen LogP contribution in [0.15, 0.2) is 48.5 Å². The maximum absolute atomic E-state index is 11.1. The summed E-state index contributed by atoms with van der Waals surface area (Å²) < 4.78 is 17.3. The van der Waals surface area contributed by atoms with E-state index in [1.54, 1.807) is 0 Å². The van der Waals surface area contributed by atoms with Crippen molar-refractivity contribution in [2.75, 3.05) is 60.2 Å². The Hall–Kier alpha value is -2.12. The molecule has 2 aromatic rings. The molecular formula is C24H34N2O4. The summed E-state index contributed by atoms with van der Waals surface area (Å²) in [6, 6.07) is 16.0. The quantitative estimate of drug-likeness (QED) is 0.681. The molecule has 3 rings (SSSR count). The third-order valence-electron chi connectivity index (χ3n) is 5.11. The fourth-order valence-electron chi connectivity index (χ4n) is 3.37. The van der Waals surface area contributed by atoms with E-state index in [0.717, 1.165) is 31.1 Å². The van der Waals surface area contributed by atoms with Crippen molar-refractivity contribution in [2.24, 2.45) is 0 Å².